The number of aldehydes is 1. The van der Waals surface area contributed by atoms with Crippen LogP contribution in [0, 0.1) is 6.07 Å². The summed E-state index contributed by atoms with van der Waals surface area (Å²) in [5.74, 6) is 0.349. The Balaban J connectivity index is 2.11. The molecule has 2 aromatic rings. The zero-order valence-electron chi connectivity index (χ0n) is 12.9. The van der Waals surface area contributed by atoms with Gasteiger partial charge in [0, 0.05) is 4.90 Å². The minimum Gasteiger partial charge on any atom is -0.443 e. The zero-order valence-corrected chi connectivity index (χ0v) is 13.7. The van der Waals surface area contributed by atoms with Crippen LogP contribution < -0.4 is 4.90 Å². The van der Waals surface area contributed by atoms with E-state index in [9.17, 15) is 9.59 Å². The number of benzene rings is 1. The number of ether oxygens (including phenoxy) is 1. The largest absolute Gasteiger partial charge is 0.443 e. The summed E-state index contributed by atoms with van der Waals surface area (Å²) < 4.78 is 5.47. The van der Waals surface area contributed by atoms with Crippen LogP contribution in [0.3, 0.4) is 0 Å². The molecule has 0 fully saturated rings. The third-order valence-corrected chi connectivity index (χ3v) is 3.93. The Hall–Kier alpha value is -2.41. The van der Waals surface area contributed by atoms with Crippen LogP contribution in [0.5, 0.6) is 0 Å². The number of aromatic nitrogens is 2. The van der Waals surface area contributed by atoms with Crippen LogP contribution in [0.25, 0.3) is 0 Å². The maximum atomic E-state index is 12.6. The maximum Gasteiger partial charge on any atom is 0.420 e. The predicted octanol–water partition coefficient (Wildman–Crippen LogP) is 3.63. The van der Waals surface area contributed by atoms with Gasteiger partial charge in [-0.2, -0.15) is 0 Å². The van der Waals surface area contributed by atoms with E-state index >= 15 is 0 Å². The first kappa shape index (κ1) is 15.5. The van der Waals surface area contributed by atoms with Gasteiger partial charge in [0.25, 0.3) is 0 Å². The Kier molecular flexibility index (Phi) is 3.81. The highest BCUT2D eigenvalue weighted by atomic mass is 32.2. The molecule has 1 aliphatic heterocycles. The molecule has 0 aliphatic carbocycles. The molecule has 1 aromatic heterocycles. The second kappa shape index (κ2) is 5.66. The highest BCUT2D eigenvalue weighted by Gasteiger charge is 2.33. The molecule has 3 rings (SSSR count). The van der Waals surface area contributed by atoms with E-state index < -0.39 is 11.7 Å². The van der Waals surface area contributed by atoms with E-state index in [0.29, 0.717) is 22.8 Å². The molecule has 0 spiro atoms. The van der Waals surface area contributed by atoms with Crippen molar-refractivity contribution in [2.75, 3.05) is 4.90 Å². The van der Waals surface area contributed by atoms with Gasteiger partial charge in [-0.25, -0.2) is 19.7 Å². The first-order chi connectivity index (χ1) is 10.9. The van der Waals surface area contributed by atoms with Gasteiger partial charge in [0.05, 0.1) is 11.9 Å². The fraction of sp³-hybridized carbons (Fsp3) is 0.250. The number of carbonyl (C=O) groups excluding carboxylic acids is 2. The summed E-state index contributed by atoms with van der Waals surface area (Å²) in [5, 5.41) is 0.485. The zero-order chi connectivity index (χ0) is 16.6. The number of anilines is 2. The molecule has 0 unspecified atom stereocenters. The number of nitrogens with zero attached hydrogens (tertiary/aromatic N) is 3. The fourth-order valence-corrected chi connectivity index (χ4v) is 3.02. The quantitative estimate of drug-likeness (QED) is 0.744. The van der Waals surface area contributed by atoms with Crippen LogP contribution in [0.2, 0.25) is 0 Å². The van der Waals surface area contributed by atoms with Crippen LogP contribution in [0.15, 0.2) is 34.3 Å². The number of amides is 1. The summed E-state index contributed by atoms with van der Waals surface area (Å²) in [5.41, 5.74) is 0.204. The smallest absolute Gasteiger partial charge is 0.420 e. The molecular formula is C16H14N3O3S. The standard InChI is InChI=1S/C16H14N3O3S/c1-16(2,3)22-15(21)19-11-6-4-5-7-12(11)23-14-13(19)17-8-10(9-20)18-14/h5-9H,1-3H3. The van der Waals surface area contributed by atoms with Crippen molar-refractivity contribution >= 4 is 35.6 Å². The van der Waals surface area contributed by atoms with E-state index in [1.807, 2.05) is 6.07 Å². The summed E-state index contributed by atoms with van der Waals surface area (Å²) in [6.45, 7) is 5.39. The van der Waals surface area contributed by atoms with Crippen LogP contribution in [-0.4, -0.2) is 27.9 Å². The van der Waals surface area contributed by atoms with Crippen molar-refractivity contribution in [3.63, 3.8) is 0 Å². The molecule has 0 N–H and O–H groups in total. The molecule has 7 heteroatoms. The van der Waals surface area contributed by atoms with E-state index in [0.717, 1.165) is 4.90 Å². The highest BCUT2D eigenvalue weighted by Crippen LogP contribution is 2.46. The molecule has 2 heterocycles. The van der Waals surface area contributed by atoms with Gasteiger partial charge >= 0.3 is 6.09 Å². The van der Waals surface area contributed by atoms with E-state index in [2.05, 4.69) is 16.0 Å². The monoisotopic (exact) mass is 328 g/mol. The van der Waals surface area contributed by atoms with Crippen LogP contribution in [0.4, 0.5) is 16.3 Å². The Labute approximate surface area is 137 Å². The lowest BCUT2D eigenvalue weighted by Gasteiger charge is -2.31. The van der Waals surface area contributed by atoms with Crippen molar-refractivity contribution in [1.82, 2.24) is 9.97 Å². The molecule has 23 heavy (non-hydrogen) atoms. The van der Waals surface area contributed by atoms with Gasteiger partial charge in [-0.1, -0.05) is 17.8 Å². The molecule has 117 valence electrons. The minimum absolute atomic E-state index is 0.214. The Morgan fingerprint density at radius 1 is 1.43 bits per heavy atom. The normalized spacial score (nSPS) is 13.1. The summed E-state index contributed by atoms with van der Waals surface area (Å²) in [6.07, 6.45) is 1.41. The summed E-state index contributed by atoms with van der Waals surface area (Å²) >= 11 is 1.35. The molecule has 6 nitrogen and oxygen atoms in total. The van der Waals surface area contributed by atoms with Crippen molar-refractivity contribution in [3.8, 4) is 0 Å². The third-order valence-electron chi connectivity index (χ3n) is 2.90. The maximum absolute atomic E-state index is 12.6. The average molecular weight is 328 g/mol. The first-order valence-corrected chi connectivity index (χ1v) is 7.74. The molecule has 1 radical (unpaired) electrons. The highest BCUT2D eigenvalue weighted by molar-refractivity contribution is 7.99. The molecule has 1 amide bonds. The molecule has 0 saturated heterocycles. The van der Waals surface area contributed by atoms with Crippen LogP contribution in [0.1, 0.15) is 31.3 Å². The molecule has 0 bridgehead atoms. The SMILES string of the molecule is CC(C)(C)OC(=O)N1c2c[c]ccc2Sc2nc(C=O)cnc21. The first-order valence-electron chi connectivity index (χ1n) is 6.92. The van der Waals surface area contributed by atoms with Gasteiger partial charge in [-0.05, 0) is 39.0 Å². The van der Waals surface area contributed by atoms with E-state index in [4.69, 9.17) is 4.74 Å². The topological polar surface area (TPSA) is 72.4 Å². The number of hydrogen-bond donors (Lipinski definition) is 0. The van der Waals surface area contributed by atoms with E-state index in [-0.39, 0.29) is 5.69 Å². The third kappa shape index (κ3) is 3.05. The Morgan fingerprint density at radius 3 is 2.91 bits per heavy atom. The number of fused-ring (bicyclic) bond motifs is 2. The average Bonchev–Trinajstić information content (AvgIpc) is 2.50. The minimum atomic E-state index is -0.642. The van der Waals surface area contributed by atoms with E-state index in [1.54, 1.807) is 32.9 Å². The lowest BCUT2D eigenvalue weighted by atomic mass is 10.2. The van der Waals surface area contributed by atoms with Gasteiger partial charge in [-0.15, -0.1) is 0 Å². The van der Waals surface area contributed by atoms with Crippen molar-refractivity contribution in [3.05, 3.63) is 36.2 Å². The van der Waals surface area contributed by atoms with Gasteiger partial charge in [0.2, 0.25) is 0 Å². The van der Waals surface area contributed by atoms with Crippen molar-refractivity contribution in [1.29, 1.82) is 0 Å². The number of carbonyl (C=O) groups is 2. The molecule has 1 aromatic carbocycles. The number of rotatable bonds is 1. The van der Waals surface area contributed by atoms with Crippen LogP contribution >= 0.6 is 11.8 Å². The van der Waals surface area contributed by atoms with E-state index in [1.165, 1.54) is 22.9 Å². The van der Waals surface area contributed by atoms with Gasteiger partial charge < -0.3 is 4.74 Å². The predicted molar refractivity (Wildman–Crippen MR) is 85.2 cm³/mol. The Bertz CT molecular complexity index is 786. The van der Waals surface area contributed by atoms with Crippen molar-refractivity contribution in [2.45, 2.75) is 36.3 Å². The Morgan fingerprint density at radius 2 is 2.22 bits per heavy atom. The second-order valence-corrected chi connectivity index (χ2v) is 6.88. The van der Waals surface area contributed by atoms with Gasteiger partial charge in [0.1, 0.15) is 16.3 Å². The fourth-order valence-electron chi connectivity index (χ4n) is 2.04. The number of hydrogen-bond acceptors (Lipinski definition) is 6. The van der Waals surface area contributed by atoms with Gasteiger partial charge in [-0.3, -0.25) is 4.79 Å². The molecule has 1 aliphatic rings. The molecular weight excluding hydrogens is 314 g/mol. The summed E-state index contributed by atoms with van der Waals surface area (Å²) in [6, 6.07) is 8.23. The van der Waals surface area contributed by atoms with Crippen molar-refractivity contribution < 1.29 is 14.3 Å². The van der Waals surface area contributed by atoms with Gasteiger partial charge in [0.15, 0.2) is 12.1 Å². The molecule has 0 saturated carbocycles. The molecule has 0 atom stereocenters. The lowest BCUT2D eigenvalue weighted by molar-refractivity contribution is 0.0596. The lowest BCUT2D eigenvalue weighted by Crippen LogP contribution is -2.35. The van der Waals surface area contributed by atoms with Crippen LogP contribution in [-0.2, 0) is 4.74 Å². The summed E-state index contributed by atoms with van der Waals surface area (Å²) in [4.78, 5) is 34.2. The van der Waals surface area contributed by atoms with Crippen molar-refractivity contribution in [2.24, 2.45) is 0 Å². The second-order valence-electron chi connectivity index (χ2n) is 5.85. The summed E-state index contributed by atoms with van der Waals surface area (Å²) in [7, 11) is 0.